The molecule has 1 heterocycles. The predicted octanol–water partition coefficient (Wildman–Crippen LogP) is 2.53. The minimum absolute atomic E-state index is 0.527. The summed E-state index contributed by atoms with van der Waals surface area (Å²) in [6, 6.07) is 9.80. The number of nitrogens with zero attached hydrogens (tertiary/aromatic N) is 2. The molecule has 4 nitrogen and oxygen atoms in total. The van der Waals surface area contributed by atoms with Crippen molar-refractivity contribution in [3.63, 3.8) is 0 Å². The molecule has 1 aliphatic rings. The first-order valence-corrected chi connectivity index (χ1v) is 8.35. The third-order valence-electron chi connectivity index (χ3n) is 4.40. The molecule has 0 saturated carbocycles. The van der Waals surface area contributed by atoms with Gasteiger partial charge in [0.15, 0.2) is 5.96 Å². The Morgan fingerprint density at radius 3 is 2.41 bits per heavy atom. The van der Waals surface area contributed by atoms with Gasteiger partial charge in [-0.2, -0.15) is 0 Å². The fourth-order valence-corrected chi connectivity index (χ4v) is 2.84. The highest BCUT2D eigenvalue weighted by Gasteiger charge is 2.21. The molecular formula is C18H30N4. The van der Waals surface area contributed by atoms with Gasteiger partial charge in [0.2, 0.25) is 0 Å². The average Bonchev–Trinajstić information content (AvgIpc) is 2.53. The van der Waals surface area contributed by atoms with Gasteiger partial charge in [-0.3, -0.25) is 4.99 Å². The van der Waals surface area contributed by atoms with E-state index in [4.69, 9.17) is 0 Å². The standard InChI is InChI=1S/C18H30N4/c1-14(2)22-11-9-17(10-12-22)21-18(19-4)20-13-16-7-5-15(3)6-8-16/h5-8,14,17H,9-13H2,1-4H3,(H2,19,20,21). The Kier molecular flexibility index (Phi) is 6.25. The molecule has 2 rings (SSSR count). The summed E-state index contributed by atoms with van der Waals surface area (Å²) < 4.78 is 0. The molecule has 1 saturated heterocycles. The van der Waals surface area contributed by atoms with E-state index in [1.54, 1.807) is 0 Å². The summed E-state index contributed by atoms with van der Waals surface area (Å²) in [6.07, 6.45) is 2.37. The van der Waals surface area contributed by atoms with Crippen molar-refractivity contribution >= 4 is 5.96 Å². The lowest BCUT2D eigenvalue weighted by Gasteiger charge is -2.35. The van der Waals surface area contributed by atoms with Gasteiger partial charge in [-0.1, -0.05) is 29.8 Å². The van der Waals surface area contributed by atoms with Gasteiger partial charge in [0.25, 0.3) is 0 Å². The Hall–Kier alpha value is -1.55. The highest BCUT2D eigenvalue weighted by molar-refractivity contribution is 5.79. The number of nitrogens with one attached hydrogen (secondary N) is 2. The van der Waals surface area contributed by atoms with Gasteiger partial charge >= 0.3 is 0 Å². The number of aliphatic imine (C=N–C) groups is 1. The number of likely N-dealkylation sites (tertiary alicyclic amines) is 1. The lowest BCUT2D eigenvalue weighted by Crippen LogP contribution is -2.49. The van der Waals surface area contributed by atoms with Crippen LogP contribution in [0.1, 0.15) is 37.8 Å². The Labute approximate surface area is 135 Å². The molecule has 0 amide bonds. The summed E-state index contributed by atoms with van der Waals surface area (Å²) in [7, 11) is 1.84. The van der Waals surface area contributed by atoms with E-state index < -0.39 is 0 Å². The van der Waals surface area contributed by atoms with Crippen LogP contribution >= 0.6 is 0 Å². The quantitative estimate of drug-likeness (QED) is 0.663. The van der Waals surface area contributed by atoms with Crippen LogP contribution < -0.4 is 10.6 Å². The lowest BCUT2D eigenvalue weighted by atomic mass is 10.0. The number of aryl methyl sites for hydroxylation is 1. The maximum atomic E-state index is 4.35. The molecule has 1 aliphatic heterocycles. The van der Waals surface area contributed by atoms with Crippen molar-refractivity contribution in [1.82, 2.24) is 15.5 Å². The largest absolute Gasteiger partial charge is 0.354 e. The Morgan fingerprint density at radius 1 is 1.23 bits per heavy atom. The second kappa shape index (κ2) is 8.18. The van der Waals surface area contributed by atoms with Crippen LogP contribution in [0.4, 0.5) is 0 Å². The van der Waals surface area contributed by atoms with Gasteiger partial charge in [-0.15, -0.1) is 0 Å². The van der Waals surface area contributed by atoms with E-state index in [2.05, 4.69) is 65.6 Å². The van der Waals surface area contributed by atoms with Crippen LogP contribution in [0.5, 0.6) is 0 Å². The zero-order valence-corrected chi connectivity index (χ0v) is 14.4. The molecule has 4 heteroatoms. The number of rotatable bonds is 4. The van der Waals surface area contributed by atoms with Crippen LogP contribution in [0.25, 0.3) is 0 Å². The van der Waals surface area contributed by atoms with Crippen molar-refractivity contribution in [1.29, 1.82) is 0 Å². The van der Waals surface area contributed by atoms with Crippen LogP contribution in [0.15, 0.2) is 29.3 Å². The maximum Gasteiger partial charge on any atom is 0.191 e. The van der Waals surface area contributed by atoms with E-state index >= 15 is 0 Å². The molecule has 0 bridgehead atoms. The average molecular weight is 302 g/mol. The molecule has 1 aromatic rings. The lowest BCUT2D eigenvalue weighted by molar-refractivity contribution is 0.167. The maximum absolute atomic E-state index is 4.35. The van der Waals surface area contributed by atoms with Gasteiger partial charge in [0.1, 0.15) is 0 Å². The zero-order chi connectivity index (χ0) is 15.9. The molecule has 0 radical (unpaired) electrons. The summed E-state index contributed by atoms with van der Waals surface area (Å²) >= 11 is 0. The molecule has 0 aromatic heterocycles. The Bertz CT molecular complexity index is 470. The third kappa shape index (κ3) is 5.02. The van der Waals surface area contributed by atoms with Crippen LogP contribution in [-0.4, -0.2) is 43.1 Å². The summed E-state index contributed by atoms with van der Waals surface area (Å²) in [6.45, 7) is 9.81. The second-order valence-corrected chi connectivity index (χ2v) is 6.46. The van der Waals surface area contributed by atoms with Crippen molar-refractivity contribution in [2.75, 3.05) is 20.1 Å². The van der Waals surface area contributed by atoms with Crippen molar-refractivity contribution in [3.8, 4) is 0 Å². The van der Waals surface area contributed by atoms with Crippen molar-refractivity contribution < 1.29 is 0 Å². The van der Waals surface area contributed by atoms with Gasteiger partial charge in [0.05, 0.1) is 0 Å². The smallest absolute Gasteiger partial charge is 0.191 e. The number of benzene rings is 1. The first kappa shape index (κ1) is 16.8. The van der Waals surface area contributed by atoms with Crippen molar-refractivity contribution in [2.24, 2.45) is 4.99 Å². The summed E-state index contributed by atoms with van der Waals surface area (Å²) in [4.78, 5) is 6.89. The van der Waals surface area contributed by atoms with Crippen LogP contribution in [0, 0.1) is 6.92 Å². The van der Waals surface area contributed by atoms with Crippen LogP contribution in [0.3, 0.4) is 0 Å². The highest BCUT2D eigenvalue weighted by atomic mass is 15.2. The monoisotopic (exact) mass is 302 g/mol. The Balaban J connectivity index is 1.77. The van der Waals surface area contributed by atoms with E-state index in [9.17, 15) is 0 Å². The summed E-state index contributed by atoms with van der Waals surface area (Å²) in [5.41, 5.74) is 2.58. The first-order chi connectivity index (χ1) is 10.6. The Morgan fingerprint density at radius 2 is 1.86 bits per heavy atom. The van der Waals surface area contributed by atoms with Gasteiger partial charge in [0, 0.05) is 38.8 Å². The number of hydrogen-bond donors (Lipinski definition) is 2. The highest BCUT2D eigenvalue weighted by Crippen LogP contribution is 2.12. The topological polar surface area (TPSA) is 39.7 Å². The van der Waals surface area contributed by atoms with Crippen LogP contribution in [-0.2, 0) is 6.54 Å². The summed E-state index contributed by atoms with van der Waals surface area (Å²) in [5, 5.41) is 6.97. The minimum Gasteiger partial charge on any atom is -0.354 e. The molecule has 22 heavy (non-hydrogen) atoms. The molecule has 0 aliphatic carbocycles. The van der Waals surface area contributed by atoms with Gasteiger partial charge in [-0.25, -0.2) is 0 Å². The number of guanidine groups is 1. The molecule has 2 N–H and O–H groups in total. The minimum atomic E-state index is 0.527. The van der Waals surface area contributed by atoms with Crippen molar-refractivity contribution in [2.45, 2.75) is 52.2 Å². The molecule has 0 unspecified atom stereocenters. The first-order valence-electron chi connectivity index (χ1n) is 8.35. The molecule has 0 atom stereocenters. The molecule has 1 fully saturated rings. The van der Waals surface area contributed by atoms with E-state index in [0.717, 1.165) is 12.5 Å². The normalized spacial score (nSPS) is 17.8. The SMILES string of the molecule is CN=C(NCc1ccc(C)cc1)NC1CCN(C(C)C)CC1. The second-order valence-electron chi connectivity index (χ2n) is 6.46. The van der Waals surface area contributed by atoms with Crippen LogP contribution in [0.2, 0.25) is 0 Å². The van der Waals surface area contributed by atoms with E-state index in [0.29, 0.717) is 12.1 Å². The molecule has 122 valence electrons. The molecule has 1 aromatic carbocycles. The molecular weight excluding hydrogens is 272 g/mol. The van der Waals surface area contributed by atoms with E-state index in [1.165, 1.54) is 37.1 Å². The van der Waals surface area contributed by atoms with E-state index in [-0.39, 0.29) is 0 Å². The molecule has 0 spiro atoms. The zero-order valence-electron chi connectivity index (χ0n) is 14.4. The third-order valence-corrected chi connectivity index (χ3v) is 4.40. The van der Waals surface area contributed by atoms with Gasteiger partial charge in [-0.05, 0) is 39.2 Å². The fraction of sp³-hybridized carbons (Fsp3) is 0.611. The number of hydrogen-bond acceptors (Lipinski definition) is 2. The fourth-order valence-electron chi connectivity index (χ4n) is 2.84. The van der Waals surface area contributed by atoms with E-state index in [1.807, 2.05) is 7.05 Å². The predicted molar refractivity (Wildman–Crippen MR) is 94.2 cm³/mol. The summed E-state index contributed by atoms with van der Waals surface area (Å²) in [5.74, 6) is 0.906. The van der Waals surface area contributed by atoms with Crippen molar-refractivity contribution in [3.05, 3.63) is 35.4 Å². The number of piperidine rings is 1. The van der Waals surface area contributed by atoms with Gasteiger partial charge < -0.3 is 15.5 Å².